The molecule has 0 saturated carbocycles. The average Bonchev–Trinajstić information content (AvgIpc) is 2.71. The fourth-order valence-corrected chi connectivity index (χ4v) is 5.25. The summed E-state index contributed by atoms with van der Waals surface area (Å²) in [6, 6.07) is 0.646. The van der Waals surface area contributed by atoms with Crippen LogP contribution < -0.4 is 22.9 Å². The van der Waals surface area contributed by atoms with Gasteiger partial charge in [0.05, 0.1) is 6.61 Å². The molecule has 8 N–H and O–H groups in total. The van der Waals surface area contributed by atoms with E-state index in [1.54, 1.807) is 0 Å². The lowest BCUT2D eigenvalue weighted by atomic mass is 10.1. The molecule has 0 aliphatic rings. The van der Waals surface area contributed by atoms with Crippen LogP contribution >= 0.6 is 0 Å². The molecule has 0 radical (unpaired) electrons. The fraction of sp³-hybridized carbons (Fsp3) is 0.842. The van der Waals surface area contributed by atoms with Gasteiger partial charge in [0.2, 0.25) is 0 Å². The van der Waals surface area contributed by atoms with E-state index in [1.807, 2.05) is 20.8 Å². The number of hydrogen-bond acceptors (Lipinski definition) is 9. The molecular formula is C19H44N4O5Si. The Balaban J connectivity index is 0. The summed E-state index contributed by atoms with van der Waals surface area (Å²) < 4.78 is 22.4. The van der Waals surface area contributed by atoms with Crippen molar-refractivity contribution in [3.05, 3.63) is 12.7 Å². The Bertz CT molecular complexity index is 412. The fourth-order valence-electron chi connectivity index (χ4n) is 2.34. The quantitative estimate of drug-likeness (QED) is 0.0864. The summed E-state index contributed by atoms with van der Waals surface area (Å²) in [7, 11) is -2.85. The highest BCUT2D eigenvalue weighted by Crippen LogP contribution is 2.24. The largest absolute Gasteiger partial charge is 0.502 e. The van der Waals surface area contributed by atoms with E-state index in [9.17, 15) is 4.79 Å². The average molecular weight is 437 g/mol. The van der Waals surface area contributed by atoms with Crippen molar-refractivity contribution in [3.63, 3.8) is 0 Å². The predicted molar refractivity (Wildman–Crippen MR) is 119 cm³/mol. The molecule has 0 saturated heterocycles. The lowest BCUT2D eigenvalue weighted by Crippen LogP contribution is -2.60. The minimum absolute atomic E-state index is 0.199. The Kier molecular flexibility index (Phi) is 20.0. The lowest BCUT2D eigenvalue weighted by molar-refractivity contribution is -0.137. The van der Waals surface area contributed by atoms with Crippen LogP contribution in [0.3, 0.4) is 0 Å². The van der Waals surface area contributed by atoms with Crippen LogP contribution in [-0.4, -0.2) is 60.0 Å². The van der Waals surface area contributed by atoms with Gasteiger partial charge in [0.15, 0.2) is 0 Å². The molecular weight excluding hydrogens is 392 g/mol. The zero-order valence-corrected chi connectivity index (χ0v) is 19.6. The standard InChI is InChI=1S/C12H32N4O3Si.C7H12O2/c1-3-17-20(18-4-2,10-6-9-14)19-12(16,11-15)7-5-8-13;1-3-5-6-9-7(8)4-2/h3-11,13-16H2,1-2H3;4H,2-3,5-6H2,1H3. The third-order valence-electron chi connectivity index (χ3n) is 3.83. The highest BCUT2D eigenvalue weighted by Gasteiger charge is 2.46. The highest BCUT2D eigenvalue weighted by molar-refractivity contribution is 6.60. The van der Waals surface area contributed by atoms with Crippen molar-refractivity contribution in [2.75, 3.05) is 39.5 Å². The molecule has 9 nitrogen and oxygen atoms in total. The molecule has 0 rings (SSSR count). The molecule has 0 aliphatic heterocycles. The predicted octanol–water partition coefficient (Wildman–Crippen LogP) is 1.23. The highest BCUT2D eigenvalue weighted by atomic mass is 28.4. The smallest absolute Gasteiger partial charge is 0.463 e. The van der Waals surface area contributed by atoms with Gasteiger partial charge in [-0.05, 0) is 52.6 Å². The Labute approximate surface area is 177 Å². The minimum Gasteiger partial charge on any atom is -0.463 e. The molecule has 0 aromatic heterocycles. The van der Waals surface area contributed by atoms with Gasteiger partial charge in [-0.3, -0.25) is 0 Å². The van der Waals surface area contributed by atoms with E-state index in [2.05, 4.69) is 11.3 Å². The SMILES string of the molecule is C=CC(=O)OCCCC.CCO[Si](CCCN)(OCC)OC(N)(CN)CCCN. The summed E-state index contributed by atoms with van der Waals surface area (Å²) in [6.07, 6.45) is 5.24. The maximum Gasteiger partial charge on any atom is 0.502 e. The summed E-state index contributed by atoms with van der Waals surface area (Å²) in [6.45, 7) is 12.0. The van der Waals surface area contributed by atoms with Crippen molar-refractivity contribution in [2.45, 2.75) is 64.6 Å². The Morgan fingerprint density at radius 2 is 1.62 bits per heavy atom. The van der Waals surface area contributed by atoms with E-state index in [1.165, 1.54) is 6.08 Å². The van der Waals surface area contributed by atoms with Gasteiger partial charge in [-0.1, -0.05) is 19.9 Å². The molecule has 0 aliphatic carbocycles. The molecule has 10 heteroatoms. The first kappa shape index (κ1) is 30.3. The number of carbonyl (C=O) groups excluding carboxylic acids is 1. The van der Waals surface area contributed by atoms with Crippen LogP contribution in [0.5, 0.6) is 0 Å². The number of unbranched alkanes of at least 4 members (excludes halogenated alkanes) is 1. The molecule has 0 aromatic rings. The van der Waals surface area contributed by atoms with Crippen molar-refractivity contribution in [1.82, 2.24) is 0 Å². The van der Waals surface area contributed by atoms with Crippen LogP contribution in [-0.2, 0) is 22.8 Å². The first-order chi connectivity index (χ1) is 13.8. The molecule has 0 amide bonds. The molecule has 0 spiro atoms. The lowest BCUT2D eigenvalue weighted by Gasteiger charge is -2.38. The molecule has 174 valence electrons. The number of ether oxygens (including phenoxy) is 1. The number of rotatable bonds is 17. The van der Waals surface area contributed by atoms with Crippen LogP contribution in [0.1, 0.15) is 52.9 Å². The second-order valence-corrected chi connectivity index (χ2v) is 9.08. The van der Waals surface area contributed by atoms with Crippen molar-refractivity contribution < 1.29 is 22.8 Å². The molecule has 1 atom stereocenters. The van der Waals surface area contributed by atoms with Gasteiger partial charge in [-0.25, -0.2) is 4.79 Å². The second-order valence-electron chi connectivity index (χ2n) is 6.43. The Morgan fingerprint density at radius 1 is 1.03 bits per heavy atom. The van der Waals surface area contributed by atoms with Gasteiger partial charge in [0.1, 0.15) is 5.72 Å². The first-order valence-electron chi connectivity index (χ1n) is 10.5. The number of hydrogen-bond donors (Lipinski definition) is 4. The van der Waals surface area contributed by atoms with Gasteiger partial charge >= 0.3 is 14.8 Å². The topological polar surface area (TPSA) is 158 Å². The molecule has 29 heavy (non-hydrogen) atoms. The van der Waals surface area contributed by atoms with Gasteiger partial charge in [0, 0.05) is 31.9 Å². The third kappa shape index (κ3) is 15.6. The molecule has 0 aromatic carbocycles. The van der Waals surface area contributed by atoms with Crippen LogP contribution in [0.4, 0.5) is 0 Å². The van der Waals surface area contributed by atoms with E-state index in [0.717, 1.165) is 25.7 Å². The summed E-state index contributed by atoms with van der Waals surface area (Å²) in [5, 5.41) is 0. The van der Waals surface area contributed by atoms with Crippen molar-refractivity contribution in [3.8, 4) is 0 Å². The van der Waals surface area contributed by atoms with Crippen LogP contribution in [0.25, 0.3) is 0 Å². The maximum atomic E-state index is 10.3. The zero-order valence-electron chi connectivity index (χ0n) is 18.6. The van der Waals surface area contributed by atoms with E-state index in [0.29, 0.717) is 45.4 Å². The van der Waals surface area contributed by atoms with Gasteiger partial charge < -0.3 is 40.9 Å². The van der Waals surface area contributed by atoms with Gasteiger partial charge in [0.25, 0.3) is 0 Å². The van der Waals surface area contributed by atoms with Crippen molar-refractivity contribution in [2.24, 2.45) is 22.9 Å². The van der Waals surface area contributed by atoms with Crippen molar-refractivity contribution in [1.29, 1.82) is 0 Å². The zero-order chi connectivity index (χ0) is 22.6. The third-order valence-corrected chi connectivity index (χ3v) is 6.97. The van der Waals surface area contributed by atoms with E-state index in [-0.39, 0.29) is 12.5 Å². The summed E-state index contributed by atoms with van der Waals surface area (Å²) in [5.74, 6) is -0.330. The monoisotopic (exact) mass is 436 g/mol. The van der Waals surface area contributed by atoms with Gasteiger partial charge in [-0.2, -0.15) is 0 Å². The molecule has 0 fully saturated rings. The summed E-state index contributed by atoms with van der Waals surface area (Å²) in [4.78, 5) is 10.3. The maximum absolute atomic E-state index is 10.3. The second kappa shape index (κ2) is 19.1. The van der Waals surface area contributed by atoms with Crippen LogP contribution in [0.2, 0.25) is 6.04 Å². The molecule has 0 heterocycles. The van der Waals surface area contributed by atoms with E-state index in [4.69, 9.17) is 36.2 Å². The van der Waals surface area contributed by atoms with Crippen LogP contribution in [0.15, 0.2) is 12.7 Å². The van der Waals surface area contributed by atoms with Gasteiger partial charge in [-0.15, -0.1) is 0 Å². The number of esters is 1. The molecule has 0 bridgehead atoms. The Morgan fingerprint density at radius 3 is 2.03 bits per heavy atom. The number of nitrogens with two attached hydrogens (primary N) is 4. The van der Waals surface area contributed by atoms with E-state index >= 15 is 0 Å². The summed E-state index contributed by atoms with van der Waals surface area (Å²) in [5.41, 5.74) is 22.2. The first-order valence-corrected chi connectivity index (χ1v) is 12.4. The van der Waals surface area contributed by atoms with Crippen LogP contribution in [0, 0.1) is 0 Å². The molecule has 1 unspecified atom stereocenters. The van der Waals surface area contributed by atoms with E-state index < -0.39 is 14.5 Å². The van der Waals surface area contributed by atoms with Crippen molar-refractivity contribution >= 4 is 14.8 Å². The minimum atomic E-state index is -2.85. The number of carbonyl (C=O) groups is 1. The summed E-state index contributed by atoms with van der Waals surface area (Å²) >= 11 is 0. The normalized spacial score (nSPS) is 13.2. The Hall–Kier alpha value is -0.853.